The molecule has 0 saturated carbocycles. The molecule has 104 valence electrons. The molecule has 1 rings (SSSR count). The fraction of sp³-hybridized carbons (Fsp3) is 0.833. The average molecular weight is 257 g/mol. The second kappa shape index (κ2) is 6.04. The van der Waals surface area contributed by atoms with Crippen molar-refractivity contribution in [2.45, 2.75) is 39.7 Å². The smallest absolute Gasteiger partial charge is 0.248 e. The highest BCUT2D eigenvalue weighted by molar-refractivity contribution is 5.86. The number of piperidine rings is 1. The highest BCUT2D eigenvalue weighted by atomic mass is 16.5. The molecule has 0 unspecified atom stereocenters. The van der Waals surface area contributed by atoms with E-state index in [0.29, 0.717) is 25.9 Å². The van der Waals surface area contributed by atoms with Crippen LogP contribution in [-0.4, -0.2) is 47.7 Å². The Morgan fingerprint density at radius 2 is 2.06 bits per heavy atom. The van der Waals surface area contributed by atoms with Gasteiger partial charge in [0.15, 0.2) is 0 Å². The first-order valence-corrected chi connectivity index (χ1v) is 6.26. The number of hydrogen-bond donors (Lipinski definition) is 2. The Balaban J connectivity index is 2.46. The third-order valence-corrected chi connectivity index (χ3v) is 3.49. The Hall–Kier alpha value is -1.30. The Kier molecular flexibility index (Phi) is 4.95. The van der Waals surface area contributed by atoms with Gasteiger partial charge in [-0.1, -0.05) is 12.1 Å². The van der Waals surface area contributed by atoms with Crippen molar-refractivity contribution in [3.8, 4) is 0 Å². The SMILES string of the molecule is CC(C)OCC(=O)N1CCC(C)(C(N)=NO)CC1. The fourth-order valence-electron chi connectivity index (χ4n) is 1.96. The molecule has 1 saturated heterocycles. The van der Waals surface area contributed by atoms with E-state index >= 15 is 0 Å². The molecule has 1 heterocycles. The molecule has 0 atom stereocenters. The second-order valence-corrected chi connectivity index (χ2v) is 5.29. The van der Waals surface area contributed by atoms with Gasteiger partial charge in [-0.3, -0.25) is 4.79 Å². The lowest BCUT2D eigenvalue weighted by Crippen LogP contribution is -2.48. The van der Waals surface area contributed by atoms with Crippen LogP contribution >= 0.6 is 0 Å². The third-order valence-electron chi connectivity index (χ3n) is 3.49. The number of nitrogens with two attached hydrogens (primary N) is 1. The van der Waals surface area contributed by atoms with Crippen LogP contribution in [0.15, 0.2) is 5.16 Å². The number of oxime groups is 1. The molecule has 0 aromatic carbocycles. The van der Waals surface area contributed by atoms with Gasteiger partial charge >= 0.3 is 0 Å². The molecule has 0 spiro atoms. The summed E-state index contributed by atoms with van der Waals surface area (Å²) in [5.74, 6) is 0.248. The van der Waals surface area contributed by atoms with E-state index < -0.39 is 0 Å². The largest absolute Gasteiger partial charge is 0.409 e. The number of carbonyl (C=O) groups excluding carboxylic acids is 1. The lowest BCUT2D eigenvalue weighted by molar-refractivity contribution is -0.139. The van der Waals surface area contributed by atoms with Crippen molar-refractivity contribution < 1.29 is 14.7 Å². The van der Waals surface area contributed by atoms with Crippen LogP contribution < -0.4 is 5.73 Å². The maximum Gasteiger partial charge on any atom is 0.248 e. The van der Waals surface area contributed by atoms with Crippen LogP contribution in [0.4, 0.5) is 0 Å². The number of ether oxygens (including phenoxy) is 1. The lowest BCUT2D eigenvalue weighted by atomic mass is 9.79. The molecule has 0 aromatic heterocycles. The molecule has 0 aromatic rings. The number of nitrogens with zero attached hydrogens (tertiary/aromatic N) is 2. The van der Waals surface area contributed by atoms with Crippen LogP contribution in [0.1, 0.15) is 33.6 Å². The standard InChI is InChI=1S/C12H23N3O3/c1-9(2)18-8-10(16)15-6-4-12(3,5-7-15)11(13)14-17/h9,17H,4-8H2,1-3H3,(H2,13,14). The van der Waals surface area contributed by atoms with Crippen LogP contribution in [-0.2, 0) is 9.53 Å². The molecule has 0 bridgehead atoms. The number of hydrogen-bond acceptors (Lipinski definition) is 4. The lowest BCUT2D eigenvalue weighted by Gasteiger charge is -2.38. The van der Waals surface area contributed by atoms with Gasteiger partial charge in [-0.2, -0.15) is 0 Å². The minimum absolute atomic E-state index is 0.00487. The van der Waals surface area contributed by atoms with Gasteiger partial charge in [-0.15, -0.1) is 0 Å². The quantitative estimate of drug-likeness (QED) is 0.337. The van der Waals surface area contributed by atoms with E-state index in [9.17, 15) is 4.79 Å². The Bertz CT molecular complexity index is 321. The van der Waals surface area contributed by atoms with Crippen molar-refractivity contribution in [3.05, 3.63) is 0 Å². The monoisotopic (exact) mass is 257 g/mol. The summed E-state index contributed by atoms with van der Waals surface area (Å²) < 4.78 is 5.30. The van der Waals surface area contributed by atoms with Crippen LogP contribution in [0.5, 0.6) is 0 Å². The molecule has 1 aliphatic heterocycles. The second-order valence-electron chi connectivity index (χ2n) is 5.29. The molecule has 0 aliphatic carbocycles. The van der Waals surface area contributed by atoms with Gasteiger partial charge in [0.1, 0.15) is 12.4 Å². The summed E-state index contributed by atoms with van der Waals surface area (Å²) in [5.41, 5.74) is 5.36. The summed E-state index contributed by atoms with van der Waals surface area (Å²) in [6.45, 7) is 7.12. The summed E-state index contributed by atoms with van der Waals surface area (Å²) in [6.07, 6.45) is 1.47. The van der Waals surface area contributed by atoms with E-state index in [4.69, 9.17) is 15.7 Å². The fourth-order valence-corrected chi connectivity index (χ4v) is 1.96. The van der Waals surface area contributed by atoms with Crippen molar-refractivity contribution in [2.75, 3.05) is 19.7 Å². The predicted molar refractivity (Wildman–Crippen MR) is 68.4 cm³/mol. The molecular weight excluding hydrogens is 234 g/mol. The Morgan fingerprint density at radius 3 is 2.50 bits per heavy atom. The minimum Gasteiger partial charge on any atom is -0.409 e. The van der Waals surface area contributed by atoms with Gasteiger partial charge in [-0.05, 0) is 26.7 Å². The van der Waals surface area contributed by atoms with Crippen molar-refractivity contribution in [2.24, 2.45) is 16.3 Å². The number of amides is 1. The zero-order chi connectivity index (χ0) is 13.8. The zero-order valence-corrected chi connectivity index (χ0v) is 11.3. The maximum atomic E-state index is 11.8. The molecule has 6 nitrogen and oxygen atoms in total. The zero-order valence-electron chi connectivity index (χ0n) is 11.3. The van der Waals surface area contributed by atoms with Gasteiger partial charge < -0.3 is 20.6 Å². The highest BCUT2D eigenvalue weighted by Crippen LogP contribution is 2.30. The summed E-state index contributed by atoms with van der Waals surface area (Å²) in [4.78, 5) is 13.6. The first kappa shape index (κ1) is 14.8. The molecule has 0 radical (unpaired) electrons. The molecule has 6 heteroatoms. The molecule has 1 aliphatic rings. The molecule has 1 amide bonds. The average Bonchev–Trinajstić information content (AvgIpc) is 2.35. The van der Waals surface area contributed by atoms with Crippen LogP contribution in [0.25, 0.3) is 0 Å². The number of carbonyl (C=O) groups is 1. The summed E-state index contributed by atoms with van der Waals surface area (Å²) in [7, 11) is 0. The molecular formula is C12H23N3O3. The number of rotatable bonds is 4. The predicted octanol–water partition coefficient (Wildman–Crippen LogP) is 0.786. The number of likely N-dealkylation sites (tertiary alicyclic amines) is 1. The topological polar surface area (TPSA) is 88.2 Å². The van der Waals surface area contributed by atoms with E-state index in [1.165, 1.54) is 0 Å². The van der Waals surface area contributed by atoms with Gasteiger partial charge in [-0.25, -0.2) is 0 Å². The van der Waals surface area contributed by atoms with E-state index in [1.807, 2.05) is 20.8 Å². The molecule has 3 N–H and O–H groups in total. The van der Waals surface area contributed by atoms with Crippen molar-refractivity contribution in [3.63, 3.8) is 0 Å². The van der Waals surface area contributed by atoms with Crippen LogP contribution in [0, 0.1) is 5.41 Å². The minimum atomic E-state index is -0.315. The van der Waals surface area contributed by atoms with Gasteiger partial charge in [0, 0.05) is 18.5 Å². The molecule has 18 heavy (non-hydrogen) atoms. The maximum absolute atomic E-state index is 11.8. The van der Waals surface area contributed by atoms with Crippen LogP contribution in [0.3, 0.4) is 0 Å². The van der Waals surface area contributed by atoms with Crippen molar-refractivity contribution in [1.29, 1.82) is 0 Å². The summed E-state index contributed by atoms with van der Waals surface area (Å²) >= 11 is 0. The van der Waals surface area contributed by atoms with Gasteiger partial charge in [0.2, 0.25) is 5.91 Å². The van der Waals surface area contributed by atoms with E-state index in [-0.39, 0.29) is 29.9 Å². The number of amidine groups is 1. The van der Waals surface area contributed by atoms with Gasteiger partial charge in [0.05, 0.1) is 6.10 Å². The normalized spacial score (nSPS) is 20.2. The molecule has 1 fully saturated rings. The first-order valence-electron chi connectivity index (χ1n) is 6.26. The summed E-state index contributed by atoms with van der Waals surface area (Å²) in [6, 6.07) is 0. The van der Waals surface area contributed by atoms with E-state index in [2.05, 4.69) is 5.16 Å². The third kappa shape index (κ3) is 3.60. The van der Waals surface area contributed by atoms with E-state index in [1.54, 1.807) is 4.90 Å². The van der Waals surface area contributed by atoms with Crippen molar-refractivity contribution in [1.82, 2.24) is 4.90 Å². The van der Waals surface area contributed by atoms with Crippen LogP contribution in [0.2, 0.25) is 0 Å². The van der Waals surface area contributed by atoms with Crippen molar-refractivity contribution >= 4 is 11.7 Å². The Morgan fingerprint density at radius 1 is 1.50 bits per heavy atom. The summed E-state index contributed by atoms with van der Waals surface area (Å²) in [5, 5.41) is 11.8. The van der Waals surface area contributed by atoms with Gasteiger partial charge in [0.25, 0.3) is 0 Å². The Labute approximate surface area is 108 Å². The highest BCUT2D eigenvalue weighted by Gasteiger charge is 2.35. The van der Waals surface area contributed by atoms with E-state index in [0.717, 1.165) is 0 Å². The first-order chi connectivity index (χ1) is 8.39.